The number of methoxy groups -OCH3 is 2. The molecule has 5 heterocycles. The summed E-state index contributed by atoms with van der Waals surface area (Å²) in [6.45, 7) is 3.96. The van der Waals surface area contributed by atoms with Gasteiger partial charge in [-0.15, -0.1) is 0 Å². The van der Waals surface area contributed by atoms with E-state index in [0.29, 0.717) is 80.7 Å². The number of likely N-dealkylation sites (tertiary alicyclic amines) is 1. The average Bonchev–Trinajstić information content (AvgIpc) is 3.68. The summed E-state index contributed by atoms with van der Waals surface area (Å²) in [4.78, 5) is 73.5. The zero-order chi connectivity index (χ0) is 37.2. The Balaban J connectivity index is 0.918. The molecule has 3 saturated heterocycles. The summed E-state index contributed by atoms with van der Waals surface area (Å²) in [5.74, 6) is 0.433. The van der Waals surface area contributed by atoms with Gasteiger partial charge in [-0.1, -0.05) is 12.1 Å². The van der Waals surface area contributed by atoms with Gasteiger partial charge in [0.2, 0.25) is 17.7 Å². The monoisotopic (exact) mass is 723 g/mol. The van der Waals surface area contributed by atoms with Gasteiger partial charge in [0.15, 0.2) is 0 Å². The first kappa shape index (κ1) is 35.9. The molecule has 0 aliphatic carbocycles. The molecule has 3 aromatic rings. The summed E-state index contributed by atoms with van der Waals surface area (Å²) < 4.78 is 13.0. The lowest BCUT2D eigenvalue weighted by molar-refractivity contribution is -0.135. The third-order valence-electron chi connectivity index (χ3n) is 10.8. The SMILES string of the molecule is COc1cc(-c2cn(C)c(=O)c3c2C=NC3)cc(OC)c1C(=O)N1CCN(C(=O)CN2CCC(c3ccc(NC4CCC(=O)NC4=O)cc3)CC2)CC1. The third kappa shape index (κ3) is 7.41. The lowest BCUT2D eigenvalue weighted by Crippen LogP contribution is -2.53. The molecule has 4 amide bonds. The highest BCUT2D eigenvalue weighted by atomic mass is 16.5. The molecule has 14 nitrogen and oxygen atoms in total. The second-order valence-corrected chi connectivity index (χ2v) is 14.1. The zero-order valence-corrected chi connectivity index (χ0v) is 30.4. The number of nitrogens with zero attached hydrogens (tertiary/aromatic N) is 5. The van der Waals surface area contributed by atoms with Gasteiger partial charge in [0.05, 0.1) is 27.3 Å². The molecule has 0 saturated carbocycles. The van der Waals surface area contributed by atoms with E-state index in [9.17, 15) is 24.0 Å². The largest absolute Gasteiger partial charge is 0.496 e. The number of carbonyl (C=O) groups excluding carboxylic acids is 4. The van der Waals surface area contributed by atoms with Crippen molar-refractivity contribution in [1.82, 2.24) is 24.6 Å². The number of nitrogens with one attached hydrogen (secondary N) is 2. The number of hydrogen-bond acceptors (Lipinski definition) is 10. The van der Waals surface area contributed by atoms with E-state index < -0.39 is 6.04 Å². The highest BCUT2D eigenvalue weighted by molar-refractivity contribution is 6.02. The average molecular weight is 724 g/mol. The van der Waals surface area contributed by atoms with E-state index in [1.165, 1.54) is 24.4 Å². The Morgan fingerprint density at radius 3 is 2.21 bits per heavy atom. The van der Waals surface area contributed by atoms with Crippen LogP contribution in [0.25, 0.3) is 11.1 Å². The van der Waals surface area contributed by atoms with Gasteiger partial charge in [-0.05, 0) is 73.7 Å². The summed E-state index contributed by atoms with van der Waals surface area (Å²) in [6, 6.07) is 11.3. The topological polar surface area (TPSA) is 155 Å². The highest BCUT2D eigenvalue weighted by Gasteiger charge is 2.32. The molecule has 4 aliphatic heterocycles. The number of hydrogen-bond donors (Lipinski definition) is 2. The number of aryl methyl sites for hydroxylation is 1. The minimum Gasteiger partial charge on any atom is -0.496 e. The van der Waals surface area contributed by atoms with Crippen molar-refractivity contribution in [3.05, 3.63) is 75.2 Å². The molecule has 3 fully saturated rings. The Labute approximate surface area is 307 Å². The van der Waals surface area contributed by atoms with Crippen molar-refractivity contribution in [2.24, 2.45) is 12.0 Å². The van der Waals surface area contributed by atoms with Crippen molar-refractivity contribution in [2.75, 3.05) is 65.3 Å². The van der Waals surface area contributed by atoms with Gasteiger partial charge in [0.1, 0.15) is 23.1 Å². The van der Waals surface area contributed by atoms with E-state index in [0.717, 1.165) is 48.3 Å². The van der Waals surface area contributed by atoms with Crippen LogP contribution < -0.4 is 25.7 Å². The van der Waals surface area contributed by atoms with E-state index in [1.807, 2.05) is 17.0 Å². The molecule has 1 aromatic heterocycles. The molecule has 4 aliphatic rings. The van der Waals surface area contributed by atoms with Crippen molar-refractivity contribution >= 4 is 35.5 Å². The van der Waals surface area contributed by atoms with Gasteiger partial charge in [-0.3, -0.25) is 39.2 Å². The quantitative estimate of drug-likeness (QED) is 0.317. The second-order valence-electron chi connectivity index (χ2n) is 14.1. The number of pyridine rings is 1. The van der Waals surface area contributed by atoms with E-state index in [1.54, 1.807) is 36.5 Å². The molecule has 14 heteroatoms. The van der Waals surface area contributed by atoms with Crippen molar-refractivity contribution in [1.29, 1.82) is 0 Å². The number of imide groups is 1. The van der Waals surface area contributed by atoms with Crippen LogP contribution >= 0.6 is 0 Å². The van der Waals surface area contributed by atoms with Crippen LogP contribution in [-0.2, 0) is 28.0 Å². The Hall–Kier alpha value is -5.50. The van der Waals surface area contributed by atoms with Gasteiger partial charge in [-0.25, -0.2) is 0 Å². The highest BCUT2D eigenvalue weighted by Crippen LogP contribution is 2.38. The van der Waals surface area contributed by atoms with Crippen LogP contribution in [0.2, 0.25) is 0 Å². The number of aliphatic imine (C=N–C) groups is 1. The maximum absolute atomic E-state index is 13.9. The Kier molecular flexibility index (Phi) is 10.3. The third-order valence-corrected chi connectivity index (χ3v) is 10.8. The number of ether oxygens (including phenoxy) is 2. The molecule has 0 bridgehead atoms. The number of fused-ring (bicyclic) bond motifs is 1. The number of piperidine rings is 2. The van der Waals surface area contributed by atoms with Crippen LogP contribution in [0.15, 0.2) is 52.4 Å². The van der Waals surface area contributed by atoms with Crippen LogP contribution in [0.4, 0.5) is 5.69 Å². The number of carbonyl (C=O) groups is 4. The lowest BCUT2D eigenvalue weighted by Gasteiger charge is -2.37. The van der Waals surface area contributed by atoms with E-state index in [2.05, 4.69) is 32.7 Å². The minimum absolute atomic E-state index is 0.0623. The standard InChI is InChI=1S/C39H45N7O7/c1-43-22-30(28-20-40-21-29(28)38(43)50)26-18-32(52-2)36(33(19-26)53-3)39(51)46-16-14-45(15-17-46)35(48)23-44-12-10-25(11-13-44)24-4-6-27(7-5-24)41-31-8-9-34(47)42-37(31)49/h4-7,18-20,22,25,31,41H,8-17,21,23H2,1-3H3,(H,42,47,49). The van der Waals surface area contributed by atoms with Gasteiger partial charge in [0.25, 0.3) is 11.5 Å². The molecule has 53 heavy (non-hydrogen) atoms. The Morgan fingerprint density at radius 1 is 0.906 bits per heavy atom. The molecular weight excluding hydrogens is 678 g/mol. The van der Waals surface area contributed by atoms with Gasteiger partial charge >= 0.3 is 0 Å². The lowest BCUT2D eigenvalue weighted by atomic mass is 9.89. The van der Waals surface area contributed by atoms with Crippen molar-refractivity contribution < 1.29 is 28.7 Å². The Morgan fingerprint density at radius 2 is 1.57 bits per heavy atom. The first-order valence-electron chi connectivity index (χ1n) is 18.1. The van der Waals surface area contributed by atoms with E-state index >= 15 is 0 Å². The Bertz CT molecular complexity index is 1980. The maximum Gasteiger partial charge on any atom is 0.261 e. The molecule has 2 N–H and O–H groups in total. The number of rotatable bonds is 9. The van der Waals surface area contributed by atoms with Gasteiger partial charge < -0.3 is 29.2 Å². The molecular formula is C39H45N7O7. The summed E-state index contributed by atoms with van der Waals surface area (Å²) >= 11 is 0. The van der Waals surface area contributed by atoms with Gasteiger partial charge in [0, 0.05) is 74.4 Å². The normalized spacial score (nSPS) is 19.2. The fraction of sp³-hybridized carbons (Fsp3) is 0.436. The number of anilines is 1. The predicted molar refractivity (Wildman–Crippen MR) is 199 cm³/mol. The number of aromatic nitrogens is 1. The van der Waals surface area contributed by atoms with E-state index in [-0.39, 0.29) is 29.2 Å². The summed E-state index contributed by atoms with van der Waals surface area (Å²) in [5.41, 5.74) is 5.24. The first-order valence-corrected chi connectivity index (χ1v) is 18.1. The number of benzene rings is 2. The molecule has 278 valence electrons. The summed E-state index contributed by atoms with van der Waals surface area (Å²) in [6.07, 6.45) is 6.17. The number of amides is 4. The van der Waals surface area contributed by atoms with Crippen molar-refractivity contribution in [3.8, 4) is 22.6 Å². The fourth-order valence-electron chi connectivity index (χ4n) is 7.77. The molecule has 7 rings (SSSR count). The van der Waals surface area contributed by atoms with Crippen LogP contribution in [0.5, 0.6) is 11.5 Å². The molecule has 0 radical (unpaired) electrons. The number of piperazine rings is 1. The fourth-order valence-corrected chi connectivity index (χ4v) is 7.77. The summed E-state index contributed by atoms with van der Waals surface area (Å²) in [5, 5.41) is 5.60. The van der Waals surface area contributed by atoms with Crippen LogP contribution in [0, 0.1) is 0 Å². The summed E-state index contributed by atoms with van der Waals surface area (Å²) in [7, 11) is 4.74. The molecule has 2 aromatic carbocycles. The smallest absolute Gasteiger partial charge is 0.261 e. The molecule has 0 spiro atoms. The first-order chi connectivity index (χ1) is 25.6. The van der Waals surface area contributed by atoms with Crippen molar-refractivity contribution in [3.63, 3.8) is 0 Å². The van der Waals surface area contributed by atoms with Crippen LogP contribution in [0.3, 0.4) is 0 Å². The second kappa shape index (κ2) is 15.2. The molecule has 1 atom stereocenters. The molecule has 1 unspecified atom stereocenters. The van der Waals surface area contributed by atoms with Crippen LogP contribution in [0.1, 0.15) is 58.6 Å². The predicted octanol–water partition coefficient (Wildman–Crippen LogP) is 2.38. The van der Waals surface area contributed by atoms with Crippen molar-refractivity contribution in [2.45, 2.75) is 44.2 Å². The van der Waals surface area contributed by atoms with E-state index in [4.69, 9.17) is 9.47 Å². The zero-order valence-electron chi connectivity index (χ0n) is 30.4. The van der Waals surface area contributed by atoms with Crippen LogP contribution in [-0.4, -0.2) is 115 Å². The maximum atomic E-state index is 13.9. The minimum atomic E-state index is -0.412. The van der Waals surface area contributed by atoms with Gasteiger partial charge in [-0.2, -0.15) is 0 Å².